The fraction of sp³-hybridized carbons (Fsp3) is 0.183. The normalized spacial score (nSPS) is 12.2. The molecule has 13 aromatic carbocycles. The maximum Gasteiger partial charge on any atom is 0.269 e. The molecule has 0 aliphatic heterocycles. The van der Waals surface area contributed by atoms with Crippen molar-refractivity contribution in [3.63, 3.8) is 0 Å². The van der Waals surface area contributed by atoms with Crippen LogP contribution in [-0.2, 0) is 48.1 Å². The van der Waals surface area contributed by atoms with Crippen molar-refractivity contribution >= 4 is 32.8 Å². The fourth-order valence-corrected chi connectivity index (χ4v) is 15.9. The van der Waals surface area contributed by atoms with E-state index in [1.165, 1.54) is 50.1 Å². The van der Waals surface area contributed by atoms with E-state index < -0.39 is 0 Å². The van der Waals surface area contributed by atoms with Crippen molar-refractivity contribution in [1.82, 2.24) is 19.1 Å². The van der Waals surface area contributed by atoms with Gasteiger partial charge in [-0.25, -0.2) is 4.98 Å². The van der Waals surface area contributed by atoms with Crippen LogP contribution in [-0.4, -0.2) is 19.1 Å². The van der Waals surface area contributed by atoms with Crippen LogP contribution in [0.4, 0.5) is 0 Å². The Labute approximate surface area is 699 Å². The predicted molar refractivity (Wildman–Crippen MR) is 480 cm³/mol. The average molecular weight is 1690 g/mol. The van der Waals surface area contributed by atoms with Gasteiger partial charge in [-0.3, -0.25) is 14.1 Å². The first-order valence-electron chi connectivity index (χ1n) is 40.2. The number of nitrogens with zero attached hydrogens (tertiary/aromatic N) is 5. The Kier molecular flexibility index (Phi) is 20.5. The molecule has 0 N–H and O–H groups in total. The van der Waals surface area contributed by atoms with Crippen LogP contribution < -0.4 is 9.30 Å². The Morgan fingerprint density at radius 2 is 0.690 bits per heavy atom. The van der Waals surface area contributed by atoms with Crippen molar-refractivity contribution in [3.05, 3.63) is 362 Å². The molecular weight excluding hydrogens is 1590 g/mol. The fourth-order valence-electron chi connectivity index (χ4n) is 15.9. The van der Waals surface area contributed by atoms with E-state index in [0.717, 1.165) is 122 Å². The minimum absolute atomic E-state index is 0. The molecule has 7 heteroatoms. The summed E-state index contributed by atoms with van der Waals surface area (Å²) in [4.78, 5) is 10.3. The summed E-state index contributed by atoms with van der Waals surface area (Å²) in [5.74, 6) is 2.29. The van der Waals surface area contributed by atoms with Gasteiger partial charge < -0.3 is 9.30 Å². The molecule has 4 heterocycles. The van der Waals surface area contributed by atoms with Gasteiger partial charge in [0.2, 0.25) is 0 Å². The number of para-hydroxylation sites is 3. The third-order valence-electron chi connectivity index (χ3n) is 22.6. The van der Waals surface area contributed by atoms with Crippen LogP contribution >= 0.6 is 0 Å². The average Bonchev–Trinajstić information content (AvgIpc) is 1.49. The van der Waals surface area contributed by atoms with E-state index in [2.05, 4.69) is 423 Å². The monoisotopic (exact) mass is 1690 g/mol. The zero-order valence-corrected chi connectivity index (χ0v) is 71.3. The van der Waals surface area contributed by atoms with Gasteiger partial charge in [-0.1, -0.05) is 328 Å². The smallest absolute Gasteiger partial charge is 0.269 e. The molecule has 6 nitrogen and oxygen atoms in total. The summed E-state index contributed by atoms with van der Waals surface area (Å²) in [5.41, 5.74) is 30.8. The number of rotatable bonds is 14. The number of benzene rings is 13. The number of imidazole rings is 1. The minimum Gasteiger partial charge on any atom is -0.522 e. The quantitative estimate of drug-likeness (QED) is 0.0805. The van der Waals surface area contributed by atoms with E-state index in [1.54, 1.807) is 6.20 Å². The number of hydrogen-bond acceptors (Lipinski definition) is 3. The third-order valence-corrected chi connectivity index (χ3v) is 22.6. The van der Waals surface area contributed by atoms with Crippen molar-refractivity contribution in [3.8, 4) is 129 Å². The zero-order valence-electron chi connectivity index (χ0n) is 69.0. The maximum absolute atomic E-state index is 7.06. The van der Waals surface area contributed by atoms with Gasteiger partial charge in [0, 0.05) is 38.5 Å². The Morgan fingerprint density at radius 1 is 0.293 bits per heavy atom. The molecule has 576 valence electrons. The van der Waals surface area contributed by atoms with E-state index in [1.807, 2.05) is 22.9 Å². The first-order chi connectivity index (χ1) is 55.1. The van der Waals surface area contributed by atoms with Gasteiger partial charge in [0.15, 0.2) is 0 Å². The van der Waals surface area contributed by atoms with Gasteiger partial charge in [-0.05, 0) is 239 Å². The molecule has 0 atom stereocenters. The largest absolute Gasteiger partial charge is 0.522 e. The number of fused-ring (bicyclic) bond motifs is 4. The Morgan fingerprint density at radius 3 is 1.15 bits per heavy atom. The molecular formula is C109H97N5OPt-2. The molecule has 0 aliphatic carbocycles. The van der Waals surface area contributed by atoms with Crippen LogP contribution in [0, 0.1) is 18.5 Å². The van der Waals surface area contributed by atoms with Crippen LogP contribution in [0.2, 0.25) is 0 Å². The van der Waals surface area contributed by atoms with Crippen LogP contribution in [0.3, 0.4) is 0 Å². The first kappa shape index (κ1) is 77.8. The minimum atomic E-state index is -0.144. The summed E-state index contributed by atoms with van der Waals surface area (Å²) < 4.78 is 13.6. The molecule has 0 saturated heterocycles. The van der Waals surface area contributed by atoms with Gasteiger partial charge >= 0.3 is 0 Å². The van der Waals surface area contributed by atoms with Gasteiger partial charge in [0.25, 0.3) is 6.33 Å². The number of hydrogen-bond donors (Lipinski definition) is 0. The van der Waals surface area contributed by atoms with Crippen molar-refractivity contribution in [1.29, 1.82) is 0 Å². The summed E-state index contributed by atoms with van der Waals surface area (Å²) in [7, 11) is 0. The predicted octanol–water partition coefficient (Wildman–Crippen LogP) is 28.5. The van der Waals surface area contributed by atoms with Crippen molar-refractivity contribution in [2.75, 3.05) is 0 Å². The van der Waals surface area contributed by atoms with E-state index in [-0.39, 0.29) is 48.1 Å². The molecule has 0 spiro atoms. The maximum atomic E-state index is 7.06. The second kappa shape index (κ2) is 30.6. The first-order valence-corrected chi connectivity index (χ1v) is 40.2. The molecule has 17 rings (SSSR count). The standard InChI is InChI=1S/C109H97N5O.Pt/c1-105(2,3)87-47-49-111-103(67-87)114-98-46-43-75(80-53-81(83-60-88(106(4,5)6)65-89(61-83)107(7,8)9)55-82(54-80)84-62-90(108(10,11)12)66-91(63-84)109(13,14)15)64-97(98)96-45-44-92(68-101(96)114)115-93-48-50-110-102(69-93)112-70-113(100-42-29-28-41-99(100)112)104-94(85-56-76(71-31-20-16-21-32-71)51-77(57-85)72-33-22-17-23-34-72)39-30-40-95(104)86-58-78(73-35-24-18-25-36-73)52-79(59-86)74-37-26-19-27-38-74;/h16-67H,1-15H3;/q-2;. The molecule has 0 radical (unpaired) electrons. The number of aromatic nitrogens is 5. The molecule has 0 amide bonds. The molecule has 4 aromatic heterocycles. The van der Waals surface area contributed by atoms with Gasteiger partial charge in [0.05, 0.1) is 22.5 Å². The SMILES string of the molecule is CC(C)(C)c1cc(-c2cc(-c3cc(C(C)(C)C)cc(C(C)(C)C)c3)cc(-c3ccc4c(c3)c3ccc(Oc5[c-]c(-n6[c-][n+](-c7c(-c8cc(-c9ccccc9)cc(-c9ccccc9)c8)cccc7-c7cc(-c8ccccc8)cc(-c8ccccc8)c7)c7ccccc76)ncc5)[c-]c3n4-c3cc(C(C)(C)C)ccn3)c2)cc(C(C)(C)C)c1.[Pt]. The van der Waals surface area contributed by atoms with Gasteiger partial charge in [0.1, 0.15) is 5.82 Å². The van der Waals surface area contributed by atoms with E-state index in [0.29, 0.717) is 17.3 Å². The van der Waals surface area contributed by atoms with Crippen molar-refractivity contribution < 1.29 is 30.4 Å². The summed E-state index contributed by atoms with van der Waals surface area (Å²) in [6.45, 7) is 34.6. The molecule has 0 unspecified atom stereocenters. The molecule has 0 saturated carbocycles. The summed E-state index contributed by atoms with van der Waals surface area (Å²) in [5, 5.41) is 2.10. The van der Waals surface area contributed by atoms with Crippen LogP contribution in [0.15, 0.2) is 316 Å². The van der Waals surface area contributed by atoms with Crippen LogP contribution in [0.25, 0.3) is 150 Å². The summed E-state index contributed by atoms with van der Waals surface area (Å²) in [6.07, 6.45) is 7.66. The van der Waals surface area contributed by atoms with Gasteiger partial charge in [-0.2, -0.15) is 18.2 Å². The van der Waals surface area contributed by atoms with Crippen LogP contribution in [0.1, 0.15) is 132 Å². The number of pyridine rings is 2. The third kappa shape index (κ3) is 15.7. The zero-order chi connectivity index (χ0) is 79.9. The molecule has 116 heavy (non-hydrogen) atoms. The van der Waals surface area contributed by atoms with E-state index >= 15 is 0 Å². The van der Waals surface area contributed by atoms with Crippen molar-refractivity contribution in [2.24, 2.45) is 0 Å². The molecule has 0 fully saturated rings. The summed E-state index contributed by atoms with van der Waals surface area (Å²) >= 11 is 0. The van der Waals surface area contributed by atoms with Crippen LogP contribution in [0.5, 0.6) is 11.5 Å². The Bertz CT molecular complexity index is 6130. The van der Waals surface area contributed by atoms with Crippen molar-refractivity contribution in [2.45, 2.75) is 131 Å². The van der Waals surface area contributed by atoms with E-state index in [9.17, 15) is 0 Å². The Balaban J connectivity index is 0.0000101. The Hall–Kier alpha value is -12.1. The second-order valence-electron chi connectivity index (χ2n) is 36.1. The topological polar surface area (TPSA) is 48.8 Å². The van der Waals surface area contributed by atoms with E-state index in [4.69, 9.17) is 14.7 Å². The number of ether oxygens (including phenoxy) is 1. The molecule has 17 aromatic rings. The van der Waals surface area contributed by atoms with Gasteiger partial charge in [-0.15, -0.1) is 17.5 Å². The molecule has 0 bridgehead atoms. The second-order valence-corrected chi connectivity index (χ2v) is 36.1. The summed E-state index contributed by atoms with van der Waals surface area (Å²) in [6, 6.07) is 119. The molecule has 0 aliphatic rings.